The fraction of sp³-hybridized carbons (Fsp3) is 0.240. The number of nitrogens with two attached hydrogens (primary N) is 1. The first-order chi connectivity index (χ1) is 15.9. The average Bonchev–Trinajstić information content (AvgIpc) is 3.43. The molecule has 3 heterocycles. The van der Waals surface area contributed by atoms with E-state index in [1.807, 2.05) is 31.2 Å². The summed E-state index contributed by atoms with van der Waals surface area (Å²) >= 11 is 0. The summed E-state index contributed by atoms with van der Waals surface area (Å²) < 4.78 is 14.3. The molecule has 1 saturated heterocycles. The summed E-state index contributed by atoms with van der Waals surface area (Å²) in [5.74, 6) is 0.142. The second-order valence-corrected chi connectivity index (χ2v) is 8.67. The maximum atomic E-state index is 14.3. The molecule has 166 valence electrons. The Labute approximate surface area is 190 Å². The van der Waals surface area contributed by atoms with E-state index in [9.17, 15) is 14.8 Å². The van der Waals surface area contributed by atoms with Gasteiger partial charge < -0.3 is 20.7 Å². The molecule has 33 heavy (non-hydrogen) atoms. The Bertz CT molecular complexity index is 1410. The number of pyridine rings is 1. The van der Waals surface area contributed by atoms with E-state index in [0.717, 1.165) is 27.8 Å². The van der Waals surface area contributed by atoms with Crippen molar-refractivity contribution in [2.75, 3.05) is 24.6 Å². The second kappa shape index (κ2) is 7.96. The zero-order chi connectivity index (χ0) is 23.2. The lowest BCUT2D eigenvalue weighted by molar-refractivity contribution is 0.210. The number of nitrogens with one attached hydrogen (secondary N) is 1. The van der Waals surface area contributed by atoms with Crippen LogP contribution in [-0.2, 0) is 0 Å². The molecular weight excluding hydrogens is 419 g/mol. The van der Waals surface area contributed by atoms with E-state index in [1.165, 1.54) is 12.1 Å². The van der Waals surface area contributed by atoms with E-state index in [2.05, 4.69) is 14.9 Å². The van der Waals surface area contributed by atoms with E-state index >= 15 is 0 Å². The molecule has 0 saturated carbocycles. The van der Waals surface area contributed by atoms with Crippen molar-refractivity contribution in [2.24, 2.45) is 5.73 Å². The highest BCUT2D eigenvalue weighted by atomic mass is 19.1. The van der Waals surface area contributed by atoms with Gasteiger partial charge in [0.2, 0.25) is 0 Å². The molecule has 8 heteroatoms. The Balaban J connectivity index is 1.75. The van der Waals surface area contributed by atoms with Gasteiger partial charge >= 0.3 is 0 Å². The molecule has 1 atom stereocenters. The topological polar surface area (TPSA) is 115 Å². The third-order valence-electron chi connectivity index (χ3n) is 6.24. The van der Waals surface area contributed by atoms with E-state index in [-0.39, 0.29) is 12.2 Å². The predicted molar refractivity (Wildman–Crippen MR) is 125 cm³/mol. The van der Waals surface area contributed by atoms with Gasteiger partial charge in [0.05, 0.1) is 46.1 Å². The standard InChI is InChI=1S/C25H23FN6O/c1-15-3-2-4-21-22(15)31-24(30-21)20-12-29-11-19(17-7-16(10-27)8-18(26)9-17)23(20)32-6-5-25(28,13-32)14-33/h2-4,7-9,11-12,33H,5-6,13-14,28H2,1H3,(H,30,31)/t25-/m0/s1. The van der Waals surface area contributed by atoms with Gasteiger partial charge in [-0.05, 0) is 48.7 Å². The summed E-state index contributed by atoms with van der Waals surface area (Å²) in [6, 6.07) is 12.2. The molecule has 4 N–H and O–H groups in total. The fourth-order valence-corrected chi connectivity index (χ4v) is 4.51. The Morgan fingerprint density at radius 2 is 2.09 bits per heavy atom. The first kappa shape index (κ1) is 21.1. The molecule has 0 bridgehead atoms. The van der Waals surface area contributed by atoms with Crippen molar-refractivity contribution in [3.63, 3.8) is 0 Å². The summed E-state index contributed by atoms with van der Waals surface area (Å²) in [5, 5.41) is 19.2. The number of aryl methyl sites for hydroxylation is 1. The molecule has 1 aliphatic heterocycles. The van der Waals surface area contributed by atoms with Crippen LogP contribution in [0.4, 0.5) is 10.1 Å². The van der Waals surface area contributed by atoms with Crippen molar-refractivity contribution < 1.29 is 9.50 Å². The van der Waals surface area contributed by atoms with Gasteiger partial charge in [0.1, 0.15) is 11.6 Å². The summed E-state index contributed by atoms with van der Waals surface area (Å²) in [5.41, 5.74) is 11.4. The van der Waals surface area contributed by atoms with Gasteiger partial charge in [-0.2, -0.15) is 5.26 Å². The lowest BCUT2D eigenvalue weighted by Gasteiger charge is -2.27. The highest BCUT2D eigenvalue weighted by molar-refractivity contribution is 5.91. The highest BCUT2D eigenvalue weighted by Gasteiger charge is 2.36. The van der Waals surface area contributed by atoms with Crippen molar-refractivity contribution in [3.05, 3.63) is 65.7 Å². The number of aromatic nitrogens is 3. The van der Waals surface area contributed by atoms with Gasteiger partial charge in [0.25, 0.3) is 0 Å². The molecule has 2 aromatic heterocycles. The molecule has 0 radical (unpaired) electrons. The number of halogens is 1. The lowest BCUT2D eigenvalue weighted by Crippen LogP contribution is -2.46. The quantitative estimate of drug-likeness (QED) is 0.446. The molecule has 5 rings (SSSR count). The smallest absolute Gasteiger partial charge is 0.142 e. The van der Waals surface area contributed by atoms with Crippen LogP contribution in [0.2, 0.25) is 0 Å². The van der Waals surface area contributed by atoms with Crippen molar-refractivity contribution in [2.45, 2.75) is 18.9 Å². The van der Waals surface area contributed by atoms with Crippen LogP contribution in [0.25, 0.3) is 33.5 Å². The third kappa shape index (κ3) is 3.71. The molecule has 0 spiro atoms. The van der Waals surface area contributed by atoms with Crippen LogP contribution in [0.3, 0.4) is 0 Å². The van der Waals surface area contributed by atoms with Crippen LogP contribution in [0, 0.1) is 24.1 Å². The molecule has 0 amide bonds. The SMILES string of the molecule is Cc1cccc2[nH]c(-c3cncc(-c4cc(F)cc(C#N)c4)c3N3CC[C@@](N)(CO)C3)nc12. The molecule has 4 aromatic rings. The van der Waals surface area contributed by atoms with Gasteiger partial charge in [-0.15, -0.1) is 0 Å². The van der Waals surface area contributed by atoms with Crippen LogP contribution in [0.15, 0.2) is 48.8 Å². The Kier molecular flexibility index (Phi) is 5.08. The first-order valence-electron chi connectivity index (χ1n) is 10.7. The van der Waals surface area contributed by atoms with Crippen LogP contribution in [-0.4, -0.2) is 45.3 Å². The number of hydrogen-bond donors (Lipinski definition) is 3. The number of anilines is 1. The molecular formula is C25H23FN6O. The van der Waals surface area contributed by atoms with Crippen LogP contribution < -0.4 is 10.6 Å². The van der Waals surface area contributed by atoms with Crippen LogP contribution in [0.1, 0.15) is 17.5 Å². The highest BCUT2D eigenvalue weighted by Crippen LogP contribution is 2.41. The minimum Gasteiger partial charge on any atom is -0.394 e. The monoisotopic (exact) mass is 442 g/mol. The first-order valence-corrected chi connectivity index (χ1v) is 10.7. The number of rotatable bonds is 4. The summed E-state index contributed by atoms with van der Waals surface area (Å²) in [6.45, 7) is 2.90. The van der Waals surface area contributed by atoms with Gasteiger partial charge in [0.15, 0.2) is 0 Å². The van der Waals surface area contributed by atoms with E-state index in [1.54, 1.807) is 18.5 Å². The number of aliphatic hydroxyl groups excluding tert-OH is 1. The minimum absolute atomic E-state index is 0.137. The Hall–Kier alpha value is -3.80. The molecule has 1 aliphatic rings. The predicted octanol–water partition coefficient (Wildman–Crippen LogP) is 3.51. The maximum absolute atomic E-state index is 14.3. The molecule has 2 aromatic carbocycles. The Morgan fingerprint density at radius 1 is 1.27 bits per heavy atom. The number of nitrogens with zero attached hydrogens (tertiary/aromatic N) is 4. The number of H-pyrrole nitrogens is 1. The zero-order valence-electron chi connectivity index (χ0n) is 18.1. The number of para-hydroxylation sites is 1. The Morgan fingerprint density at radius 3 is 2.82 bits per heavy atom. The van der Waals surface area contributed by atoms with E-state index in [0.29, 0.717) is 36.5 Å². The summed E-state index contributed by atoms with van der Waals surface area (Å²) in [6.07, 6.45) is 4.00. The number of fused-ring (bicyclic) bond motifs is 1. The van der Waals surface area contributed by atoms with Gasteiger partial charge in [-0.3, -0.25) is 4.98 Å². The number of nitriles is 1. The van der Waals surface area contributed by atoms with Crippen LogP contribution in [0.5, 0.6) is 0 Å². The number of aromatic amines is 1. The fourth-order valence-electron chi connectivity index (χ4n) is 4.51. The average molecular weight is 442 g/mol. The maximum Gasteiger partial charge on any atom is 0.142 e. The van der Waals surface area contributed by atoms with Crippen molar-refractivity contribution >= 4 is 16.7 Å². The summed E-state index contributed by atoms with van der Waals surface area (Å²) in [4.78, 5) is 14.7. The molecule has 0 aliphatic carbocycles. The minimum atomic E-state index is -0.734. The largest absolute Gasteiger partial charge is 0.394 e. The van der Waals surface area contributed by atoms with E-state index < -0.39 is 11.4 Å². The van der Waals surface area contributed by atoms with Crippen LogP contribution >= 0.6 is 0 Å². The number of aliphatic hydroxyl groups is 1. The lowest BCUT2D eigenvalue weighted by atomic mass is 9.99. The number of imidazole rings is 1. The van der Waals surface area contributed by atoms with Crippen molar-refractivity contribution in [1.29, 1.82) is 5.26 Å². The second-order valence-electron chi connectivity index (χ2n) is 8.67. The molecule has 1 fully saturated rings. The van der Waals surface area contributed by atoms with E-state index in [4.69, 9.17) is 10.7 Å². The van der Waals surface area contributed by atoms with Gasteiger partial charge in [-0.25, -0.2) is 9.37 Å². The van der Waals surface area contributed by atoms with Crippen molar-refractivity contribution in [3.8, 4) is 28.6 Å². The summed E-state index contributed by atoms with van der Waals surface area (Å²) in [7, 11) is 0. The van der Waals surface area contributed by atoms with Gasteiger partial charge in [0, 0.05) is 31.0 Å². The number of benzene rings is 2. The molecule has 0 unspecified atom stereocenters. The number of hydrogen-bond acceptors (Lipinski definition) is 6. The van der Waals surface area contributed by atoms with Gasteiger partial charge in [-0.1, -0.05) is 12.1 Å². The normalized spacial score (nSPS) is 18.1. The third-order valence-corrected chi connectivity index (χ3v) is 6.24. The van der Waals surface area contributed by atoms with Crippen molar-refractivity contribution in [1.82, 2.24) is 15.0 Å². The molecule has 7 nitrogen and oxygen atoms in total. The zero-order valence-corrected chi connectivity index (χ0v) is 18.1.